The number of aromatic nitrogens is 2. The van der Waals surface area contributed by atoms with Crippen molar-refractivity contribution in [3.63, 3.8) is 0 Å². The van der Waals surface area contributed by atoms with Crippen LogP contribution in [0.25, 0.3) is 11.1 Å². The summed E-state index contributed by atoms with van der Waals surface area (Å²) in [4.78, 5) is 17.1. The lowest BCUT2D eigenvalue weighted by Gasteiger charge is -2.13. The Morgan fingerprint density at radius 2 is 1.43 bits per heavy atom. The Morgan fingerprint density at radius 3 is 1.86 bits per heavy atom. The molecule has 1 aromatic carbocycles. The summed E-state index contributed by atoms with van der Waals surface area (Å²) < 4.78 is 76.1. The van der Waals surface area contributed by atoms with Crippen LogP contribution in [-0.4, -0.2) is 9.97 Å². The van der Waals surface area contributed by atoms with Crippen LogP contribution in [0.4, 0.5) is 26.3 Å². The molecule has 0 aliphatic rings. The molecule has 0 aliphatic carbocycles. The molecule has 0 atom stereocenters. The summed E-state index contributed by atoms with van der Waals surface area (Å²) in [5, 5.41) is 0. The first-order valence-corrected chi connectivity index (χ1v) is 5.41. The fourth-order valence-corrected chi connectivity index (χ4v) is 1.66. The van der Waals surface area contributed by atoms with E-state index >= 15 is 0 Å². The van der Waals surface area contributed by atoms with Gasteiger partial charge in [-0.25, -0.2) is 4.98 Å². The maximum atomic E-state index is 12.7. The minimum atomic E-state index is -4.97. The first-order valence-electron chi connectivity index (χ1n) is 5.41. The van der Waals surface area contributed by atoms with Crippen molar-refractivity contribution in [2.75, 3.05) is 0 Å². The molecule has 1 heterocycles. The molecule has 0 spiro atoms. The molecule has 0 bridgehead atoms. The van der Waals surface area contributed by atoms with E-state index in [1.165, 1.54) is 0 Å². The fraction of sp³-hybridized carbons (Fsp3) is 0.167. The third kappa shape index (κ3) is 3.23. The SMILES string of the molecule is O=c1[nH]cncc1-c1cc(C(F)(F)F)cc(C(F)(F)F)c1. The lowest BCUT2D eigenvalue weighted by molar-refractivity contribution is -0.143. The van der Waals surface area contributed by atoms with E-state index in [2.05, 4.69) is 9.97 Å². The van der Waals surface area contributed by atoms with Crippen molar-refractivity contribution in [1.29, 1.82) is 0 Å². The number of alkyl halides is 6. The largest absolute Gasteiger partial charge is 0.416 e. The van der Waals surface area contributed by atoms with E-state index in [1.54, 1.807) is 0 Å². The van der Waals surface area contributed by atoms with Crippen LogP contribution in [0.5, 0.6) is 0 Å². The number of benzene rings is 1. The normalized spacial score (nSPS) is 12.5. The molecule has 1 aromatic heterocycles. The molecule has 0 saturated heterocycles. The number of nitrogens with one attached hydrogen (secondary N) is 1. The van der Waals surface area contributed by atoms with Crippen LogP contribution in [0.1, 0.15) is 11.1 Å². The van der Waals surface area contributed by atoms with Crippen molar-refractivity contribution >= 4 is 0 Å². The van der Waals surface area contributed by atoms with Gasteiger partial charge in [0.1, 0.15) is 0 Å². The first-order chi connectivity index (χ1) is 9.59. The number of aromatic amines is 1. The smallest absolute Gasteiger partial charge is 0.313 e. The van der Waals surface area contributed by atoms with E-state index in [-0.39, 0.29) is 11.6 Å². The number of hydrogen-bond donors (Lipinski definition) is 1. The Morgan fingerprint density at radius 1 is 0.905 bits per heavy atom. The van der Waals surface area contributed by atoms with Gasteiger partial charge < -0.3 is 4.98 Å². The van der Waals surface area contributed by atoms with Crippen LogP contribution >= 0.6 is 0 Å². The van der Waals surface area contributed by atoms with Gasteiger partial charge in [-0.05, 0) is 23.8 Å². The van der Waals surface area contributed by atoms with Crippen molar-refractivity contribution < 1.29 is 26.3 Å². The molecule has 0 unspecified atom stereocenters. The number of H-pyrrole nitrogens is 1. The summed E-state index contributed by atoms with van der Waals surface area (Å²) in [6.07, 6.45) is -8.06. The van der Waals surface area contributed by atoms with Crippen LogP contribution in [0.2, 0.25) is 0 Å². The molecule has 112 valence electrons. The van der Waals surface area contributed by atoms with E-state index in [4.69, 9.17) is 0 Å². The molecule has 0 aliphatic heterocycles. The van der Waals surface area contributed by atoms with Gasteiger partial charge >= 0.3 is 12.4 Å². The summed E-state index contributed by atoms with van der Waals surface area (Å²) in [6.45, 7) is 0. The van der Waals surface area contributed by atoms with Crippen LogP contribution in [0.3, 0.4) is 0 Å². The number of halogens is 6. The van der Waals surface area contributed by atoms with Gasteiger partial charge in [-0.3, -0.25) is 4.79 Å². The molecular formula is C12H6F6N2O. The van der Waals surface area contributed by atoms with E-state index in [0.29, 0.717) is 12.1 Å². The van der Waals surface area contributed by atoms with Gasteiger partial charge in [0, 0.05) is 6.20 Å². The summed E-state index contributed by atoms with van der Waals surface area (Å²) >= 11 is 0. The van der Waals surface area contributed by atoms with Crippen molar-refractivity contribution in [3.05, 3.63) is 52.2 Å². The summed E-state index contributed by atoms with van der Waals surface area (Å²) in [5.41, 5.74) is -4.70. The Bertz CT molecular complexity index is 684. The second kappa shape index (κ2) is 4.90. The highest BCUT2D eigenvalue weighted by Gasteiger charge is 2.37. The average molecular weight is 308 g/mol. The molecule has 0 fully saturated rings. The molecule has 2 rings (SSSR count). The predicted molar refractivity (Wildman–Crippen MR) is 60.3 cm³/mol. The third-order valence-corrected chi connectivity index (χ3v) is 2.62. The van der Waals surface area contributed by atoms with Crippen LogP contribution in [-0.2, 0) is 12.4 Å². The molecule has 0 saturated carbocycles. The number of nitrogens with zero attached hydrogens (tertiary/aromatic N) is 1. The lowest BCUT2D eigenvalue weighted by Crippen LogP contribution is -2.13. The topological polar surface area (TPSA) is 45.8 Å². The summed E-state index contributed by atoms with van der Waals surface area (Å²) in [7, 11) is 0. The van der Waals surface area contributed by atoms with E-state index in [0.717, 1.165) is 12.5 Å². The number of rotatable bonds is 1. The zero-order valence-electron chi connectivity index (χ0n) is 10.0. The zero-order chi connectivity index (χ0) is 15.8. The van der Waals surface area contributed by atoms with Crippen molar-refractivity contribution in [3.8, 4) is 11.1 Å². The van der Waals surface area contributed by atoms with Crippen LogP contribution < -0.4 is 5.56 Å². The molecule has 1 N–H and O–H groups in total. The fourth-order valence-electron chi connectivity index (χ4n) is 1.66. The lowest BCUT2D eigenvalue weighted by atomic mass is 10.0. The van der Waals surface area contributed by atoms with Gasteiger partial charge in [-0.15, -0.1) is 0 Å². The Hall–Kier alpha value is -2.32. The molecule has 21 heavy (non-hydrogen) atoms. The van der Waals surface area contributed by atoms with E-state index in [1.807, 2.05) is 0 Å². The minimum Gasteiger partial charge on any atom is -0.313 e. The average Bonchev–Trinajstić information content (AvgIpc) is 2.36. The highest BCUT2D eigenvalue weighted by molar-refractivity contribution is 5.64. The molecule has 0 amide bonds. The molecular weight excluding hydrogens is 302 g/mol. The minimum absolute atomic E-state index is 0.00589. The number of hydrogen-bond acceptors (Lipinski definition) is 2. The van der Waals surface area contributed by atoms with Crippen LogP contribution in [0, 0.1) is 0 Å². The third-order valence-electron chi connectivity index (χ3n) is 2.62. The van der Waals surface area contributed by atoms with Gasteiger partial charge in [0.25, 0.3) is 5.56 Å². The quantitative estimate of drug-likeness (QED) is 0.820. The van der Waals surface area contributed by atoms with Crippen LogP contribution in [0.15, 0.2) is 35.5 Å². The standard InChI is InChI=1S/C12H6F6N2O/c13-11(14,15)7-1-6(2-8(3-7)12(16,17)18)9-4-19-5-20-10(9)21/h1-5H,(H,19,20,21). The Kier molecular flexibility index (Phi) is 3.52. The molecule has 2 aromatic rings. The second-order valence-corrected chi connectivity index (χ2v) is 4.09. The Labute approximate surface area is 113 Å². The monoisotopic (exact) mass is 308 g/mol. The maximum absolute atomic E-state index is 12.7. The summed E-state index contributed by atoms with van der Waals surface area (Å²) in [5.74, 6) is 0. The highest BCUT2D eigenvalue weighted by Crippen LogP contribution is 2.37. The van der Waals surface area contributed by atoms with E-state index < -0.39 is 34.6 Å². The van der Waals surface area contributed by atoms with Crippen molar-refractivity contribution in [1.82, 2.24) is 9.97 Å². The molecule has 0 radical (unpaired) electrons. The van der Waals surface area contributed by atoms with Gasteiger partial charge in [0.15, 0.2) is 0 Å². The van der Waals surface area contributed by atoms with Gasteiger partial charge in [0.05, 0.1) is 23.0 Å². The summed E-state index contributed by atoms with van der Waals surface area (Å²) in [6, 6.07) is 0.942. The van der Waals surface area contributed by atoms with Crippen molar-refractivity contribution in [2.45, 2.75) is 12.4 Å². The zero-order valence-corrected chi connectivity index (χ0v) is 10.0. The van der Waals surface area contributed by atoms with Gasteiger partial charge in [0.2, 0.25) is 0 Å². The van der Waals surface area contributed by atoms with Gasteiger partial charge in [-0.1, -0.05) is 0 Å². The predicted octanol–water partition coefficient (Wildman–Crippen LogP) is 3.47. The van der Waals surface area contributed by atoms with Gasteiger partial charge in [-0.2, -0.15) is 26.3 Å². The second-order valence-electron chi connectivity index (χ2n) is 4.09. The highest BCUT2D eigenvalue weighted by atomic mass is 19.4. The molecule has 3 nitrogen and oxygen atoms in total. The first kappa shape index (κ1) is 15.1. The molecule has 9 heteroatoms. The Balaban J connectivity index is 2.73. The van der Waals surface area contributed by atoms with E-state index in [9.17, 15) is 31.1 Å². The maximum Gasteiger partial charge on any atom is 0.416 e. The van der Waals surface area contributed by atoms with Crippen molar-refractivity contribution in [2.24, 2.45) is 0 Å².